The Morgan fingerprint density at radius 2 is 1.44 bits per heavy atom. The van der Waals surface area contributed by atoms with Gasteiger partial charge in [-0.15, -0.1) is 4.13 Å². The largest absolute Gasteiger partial charge is 0.322 e. The molecule has 132 valence electrons. The third kappa shape index (κ3) is 4.75. The number of rotatable bonds is 6. The molecule has 2 aromatic carbocycles. The Morgan fingerprint density at radius 1 is 0.880 bits per heavy atom. The summed E-state index contributed by atoms with van der Waals surface area (Å²) < 4.78 is 50.8. The minimum Gasteiger partial charge on any atom is -0.322 e. The summed E-state index contributed by atoms with van der Waals surface area (Å²) in [4.78, 5) is 11.1. The predicted octanol–water partition coefficient (Wildman–Crippen LogP) is 1.87. The Bertz CT molecular complexity index is 1010. The van der Waals surface area contributed by atoms with Crippen molar-refractivity contribution in [1.82, 2.24) is 4.13 Å². The van der Waals surface area contributed by atoms with Gasteiger partial charge >= 0.3 is 0 Å². The third-order valence-electron chi connectivity index (χ3n) is 3.06. The van der Waals surface area contributed by atoms with Crippen LogP contribution >= 0.6 is 0 Å². The van der Waals surface area contributed by atoms with E-state index in [1.807, 2.05) is 0 Å². The number of carbonyl (C=O) groups excluding carboxylic acids is 1. The highest BCUT2D eigenvalue weighted by Gasteiger charge is 2.24. The maximum absolute atomic E-state index is 12.4. The van der Waals surface area contributed by atoms with Gasteiger partial charge in [-0.2, -0.15) is 0 Å². The van der Waals surface area contributed by atoms with Gasteiger partial charge in [0.15, 0.2) is 0 Å². The maximum atomic E-state index is 12.4. The summed E-state index contributed by atoms with van der Waals surface area (Å²) in [5.41, 5.74) is 0.450. The van der Waals surface area contributed by atoms with E-state index in [1.165, 1.54) is 49.4 Å². The molecule has 0 aliphatic carbocycles. The van der Waals surface area contributed by atoms with Gasteiger partial charge in [0.2, 0.25) is 0 Å². The first-order chi connectivity index (χ1) is 11.6. The number of hydrogen-bond acceptors (Lipinski definition) is 5. The Kier molecular flexibility index (Phi) is 5.41. The van der Waals surface area contributed by atoms with Crippen molar-refractivity contribution in [3.05, 3.63) is 66.7 Å². The number of amides is 1. The summed E-state index contributed by atoms with van der Waals surface area (Å²) in [5.74, 6) is -0.473. The van der Waals surface area contributed by atoms with Crippen LogP contribution in [0, 0.1) is 0 Å². The molecule has 0 radical (unpaired) electrons. The normalized spacial score (nSPS) is 11.7. The molecule has 0 heterocycles. The van der Waals surface area contributed by atoms with Crippen molar-refractivity contribution in [1.29, 1.82) is 0 Å². The summed E-state index contributed by atoms with van der Waals surface area (Å²) in [6.07, 6.45) is 0. The molecule has 0 saturated carbocycles. The van der Waals surface area contributed by atoms with Crippen molar-refractivity contribution < 1.29 is 21.6 Å². The number of sulfonamides is 2. The molecule has 25 heavy (non-hydrogen) atoms. The van der Waals surface area contributed by atoms with Crippen LogP contribution in [-0.2, 0) is 24.8 Å². The SMILES string of the molecule is C=C(C)C(=O)Nc1cccc(S(=O)(=O)NS(=O)(=O)c2ccccc2)c1. The van der Waals surface area contributed by atoms with E-state index in [9.17, 15) is 21.6 Å². The number of anilines is 1. The number of nitrogens with one attached hydrogen (secondary N) is 2. The fraction of sp³-hybridized carbons (Fsp3) is 0.0625. The topological polar surface area (TPSA) is 109 Å². The molecule has 0 spiro atoms. The lowest BCUT2D eigenvalue weighted by Crippen LogP contribution is -2.30. The van der Waals surface area contributed by atoms with E-state index in [2.05, 4.69) is 11.9 Å². The first-order valence-electron chi connectivity index (χ1n) is 7.02. The minimum absolute atomic E-state index is 0.176. The standard InChI is InChI=1S/C16H16N2O5S2/c1-12(2)16(19)17-13-7-6-10-15(11-13)25(22,23)18-24(20,21)14-8-4-3-5-9-14/h3-11,18H,1H2,2H3,(H,17,19). The van der Waals surface area contributed by atoms with Crippen LogP contribution in [0.4, 0.5) is 5.69 Å². The third-order valence-corrected chi connectivity index (χ3v) is 6.59. The van der Waals surface area contributed by atoms with Gasteiger partial charge in [0, 0.05) is 11.3 Å². The molecule has 0 bridgehead atoms. The Labute approximate surface area is 146 Å². The van der Waals surface area contributed by atoms with Crippen LogP contribution in [0.2, 0.25) is 0 Å². The van der Waals surface area contributed by atoms with Gasteiger partial charge < -0.3 is 5.32 Å². The maximum Gasteiger partial charge on any atom is 0.253 e. The number of carbonyl (C=O) groups is 1. The Morgan fingerprint density at radius 3 is 2.04 bits per heavy atom. The van der Waals surface area contributed by atoms with Crippen LogP contribution in [0.5, 0.6) is 0 Å². The van der Waals surface area contributed by atoms with Crippen molar-refractivity contribution in [2.45, 2.75) is 16.7 Å². The number of benzene rings is 2. The predicted molar refractivity (Wildman–Crippen MR) is 93.8 cm³/mol. The molecule has 0 fully saturated rings. The van der Waals surface area contributed by atoms with Crippen LogP contribution in [0.1, 0.15) is 6.92 Å². The second kappa shape index (κ2) is 7.18. The van der Waals surface area contributed by atoms with Gasteiger partial charge in [0.05, 0.1) is 9.79 Å². The zero-order valence-corrected chi connectivity index (χ0v) is 14.9. The van der Waals surface area contributed by atoms with Crippen LogP contribution in [0.25, 0.3) is 0 Å². The average Bonchev–Trinajstić information content (AvgIpc) is 2.55. The zero-order valence-electron chi connectivity index (χ0n) is 13.3. The molecule has 2 aromatic rings. The van der Waals surface area contributed by atoms with E-state index < -0.39 is 26.0 Å². The summed E-state index contributed by atoms with van der Waals surface area (Å²) in [6.45, 7) is 4.99. The molecular weight excluding hydrogens is 364 g/mol. The summed E-state index contributed by atoms with van der Waals surface area (Å²) in [5, 5.41) is 2.47. The fourth-order valence-electron chi connectivity index (χ4n) is 1.82. The van der Waals surface area contributed by atoms with Gasteiger partial charge in [-0.1, -0.05) is 30.8 Å². The summed E-state index contributed by atoms with van der Waals surface area (Å²) in [6, 6.07) is 12.4. The van der Waals surface area contributed by atoms with Gasteiger partial charge in [-0.3, -0.25) is 4.79 Å². The molecule has 0 atom stereocenters. The molecule has 0 unspecified atom stereocenters. The highest BCUT2D eigenvalue weighted by molar-refractivity contribution is 8.04. The molecule has 0 aliphatic rings. The first-order valence-corrected chi connectivity index (χ1v) is 9.99. The van der Waals surface area contributed by atoms with E-state index in [1.54, 1.807) is 10.2 Å². The van der Waals surface area contributed by atoms with Crippen LogP contribution in [-0.4, -0.2) is 22.7 Å². The van der Waals surface area contributed by atoms with Crippen LogP contribution in [0.3, 0.4) is 0 Å². The molecule has 7 nitrogen and oxygen atoms in total. The molecule has 0 aromatic heterocycles. The lowest BCUT2D eigenvalue weighted by Gasteiger charge is -2.10. The monoisotopic (exact) mass is 380 g/mol. The Balaban J connectivity index is 2.31. The van der Waals surface area contributed by atoms with Crippen molar-refractivity contribution >= 4 is 31.6 Å². The molecule has 2 rings (SSSR count). The molecule has 9 heteroatoms. The second-order valence-corrected chi connectivity index (χ2v) is 8.79. The first kappa shape index (κ1) is 18.8. The van der Waals surface area contributed by atoms with Crippen molar-refractivity contribution in [3.63, 3.8) is 0 Å². The lowest BCUT2D eigenvalue weighted by atomic mass is 10.3. The van der Waals surface area contributed by atoms with Gasteiger partial charge in [0.1, 0.15) is 0 Å². The molecule has 0 aliphatic heterocycles. The highest BCUT2D eigenvalue weighted by atomic mass is 32.3. The quantitative estimate of drug-likeness (QED) is 0.744. The molecule has 2 N–H and O–H groups in total. The van der Waals surface area contributed by atoms with Crippen molar-refractivity contribution in [2.24, 2.45) is 0 Å². The van der Waals surface area contributed by atoms with E-state index in [0.717, 1.165) is 6.07 Å². The zero-order chi connectivity index (χ0) is 18.7. The highest BCUT2D eigenvalue weighted by Crippen LogP contribution is 2.18. The average molecular weight is 380 g/mol. The van der Waals surface area contributed by atoms with Crippen LogP contribution in [0.15, 0.2) is 76.5 Å². The van der Waals surface area contributed by atoms with E-state index in [4.69, 9.17) is 0 Å². The minimum atomic E-state index is -4.36. The lowest BCUT2D eigenvalue weighted by molar-refractivity contribution is -0.112. The van der Waals surface area contributed by atoms with Crippen molar-refractivity contribution in [3.8, 4) is 0 Å². The van der Waals surface area contributed by atoms with Gasteiger partial charge in [-0.05, 0) is 37.3 Å². The Hall–Kier alpha value is -2.49. The van der Waals surface area contributed by atoms with Gasteiger partial charge in [0.25, 0.3) is 26.0 Å². The van der Waals surface area contributed by atoms with Crippen molar-refractivity contribution in [2.75, 3.05) is 5.32 Å². The summed E-state index contributed by atoms with van der Waals surface area (Å²) >= 11 is 0. The fourth-order valence-corrected chi connectivity index (χ4v) is 4.80. The second-order valence-electron chi connectivity index (χ2n) is 5.17. The molecule has 0 saturated heterocycles. The number of hydrogen-bond donors (Lipinski definition) is 2. The smallest absolute Gasteiger partial charge is 0.253 e. The van der Waals surface area contributed by atoms with Gasteiger partial charge in [-0.25, -0.2) is 16.8 Å². The van der Waals surface area contributed by atoms with Crippen LogP contribution < -0.4 is 9.44 Å². The van der Waals surface area contributed by atoms with E-state index in [-0.39, 0.29) is 21.1 Å². The van der Waals surface area contributed by atoms with E-state index in [0.29, 0.717) is 0 Å². The molecular formula is C16H16N2O5S2. The van der Waals surface area contributed by atoms with E-state index >= 15 is 0 Å². The molecule has 1 amide bonds. The summed E-state index contributed by atoms with van der Waals surface area (Å²) in [7, 11) is -8.61.